The first-order valence-electron chi connectivity index (χ1n) is 6.01. The number of likely N-dealkylation sites (N-methyl/N-ethyl adjacent to an activating group) is 1. The van der Waals surface area contributed by atoms with Crippen LogP contribution >= 0.6 is 15.9 Å². The Morgan fingerprint density at radius 1 is 1.52 bits per heavy atom. The van der Waals surface area contributed by atoms with E-state index >= 15 is 0 Å². The molecule has 1 aromatic carbocycles. The quantitative estimate of drug-likeness (QED) is 0.670. The van der Waals surface area contributed by atoms with Crippen LogP contribution in [0, 0.1) is 10.1 Å². The Labute approximate surface area is 128 Å². The molecule has 0 saturated heterocycles. The van der Waals surface area contributed by atoms with E-state index in [1.54, 1.807) is 18.2 Å². The minimum absolute atomic E-state index is 0.226. The number of nitrogens with zero attached hydrogens (tertiary/aromatic N) is 3. The van der Waals surface area contributed by atoms with Crippen molar-refractivity contribution < 1.29 is 14.8 Å². The van der Waals surface area contributed by atoms with Crippen molar-refractivity contribution in [2.75, 3.05) is 11.9 Å². The fraction of sp³-hybridized carbons (Fsp3) is 0.231. The van der Waals surface area contributed by atoms with Gasteiger partial charge in [-0.3, -0.25) is 10.1 Å². The predicted octanol–water partition coefficient (Wildman–Crippen LogP) is 2.81. The van der Waals surface area contributed by atoms with Gasteiger partial charge < -0.3 is 10.0 Å². The van der Waals surface area contributed by atoms with Crippen LogP contribution in [0.5, 0.6) is 0 Å². The number of hydrogen-bond acceptors (Lipinski definition) is 5. The molecule has 0 aliphatic carbocycles. The summed E-state index contributed by atoms with van der Waals surface area (Å²) in [6.07, 6.45) is 1.15. The van der Waals surface area contributed by atoms with E-state index in [4.69, 9.17) is 5.11 Å². The van der Waals surface area contributed by atoms with Gasteiger partial charge >= 0.3 is 11.7 Å². The maximum Gasteiger partial charge on any atom is 0.326 e. The zero-order valence-corrected chi connectivity index (χ0v) is 12.9. The molecular weight excluding hydrogens is 342 g/mol. The summed E-state index contributed by atoms with van der Waals surface area (Å²) in [7, 11) is 1.52. The summed E-state index contributed by atoms with van der Waals surface area (Å²) in [5.74, 6) is -1.06. The molecule has 2 rings (SSSR count). The average molecular weight is 354 g/mol. The highest BCUT2D eigenvalue weighted by Gasteiger charge is 2.27. The molecule has 0 bridgehead atoms. The van der Waals surface area contributed by atoms with E-state index in [0.717, 1.165) is 10.7 Å². The average Bonchev–Trinajstić information content (AvgIpc) is 2.43. The molecule has 0 spiro atoms. The molecular formula is C13H12BrN3O4. The lowest BCUT2D eigenvalue weighted by atomic mass is 10.1. The molecule has 1 unspecified atom stereocenters. The Bertz CT molecular complexity index is 735. The lowest BCUT2D eigenvalue weighted by Gasteiger charge is -2.24. The molecule has 110 valence electrons. The maximum absolute atomic E-state index is 11.2. The number of carboxylic acid groups (broad SMARTS) is 1. The van der Waals surface area contributed by atoms with Gasteiger partial charge in [-0.05, 0) is 25.1 Å². The van der Waals surface area contributed by atoms with Crippen LogP contribution in [0.1, 0.15) is 6.92 Å². The highest BCUT2D eigenvalue weighted by molar-refractivity contribution is 9.10. The number of carbonyl (C=O) groups is 1. The lowest BCUT2D eigenvalue weighted by molar-refractivity contribution is -0.384. The van der Waals surface area contributed by atoms with E-state index in [9.17, 15) is 14.9 Å². The fourth-order valence-corrected chi connectivity index (χ4v) is 2.36. The van der Waals surface area contributed by atoms with E-state index in [1.807, 2.05) is 0 Å². The first-order valence-corrected chi connectivity index (χ1v) is 6.80. The number of hydrogen-bond donors (Lipinski definition) is 1. The third kappa shape index (κ3) is 2.80. The van der Waals surface area contributed by atoms with Gasteiger partial charge in [0.25, 0.3) is 0 Å². The van der Waals surface area contributed by atoms with Gasteiger partial charge in [-0.25, -0.2) is 9.78 Å². The number of carboxylic acids is 1. The summed E-state index contributed by atoms with van der Waals surface area (Å²) in [6.45, 7) is 1.47. The van der Waals surface area contributed by atoms with Crippen LogP contribution in [0.4, 0.5) is 11.4 Å². The topological polar surface area (TPSA) is 96.6 Å². The summed E-state index contributed by atoms with van der Waals surface area (Å²) in [6, 6.07) is 4.26. The first kappa shape index (κ1) is 15.2. The van der Waals surface area contributed by atoms with Crippen molar-refractivity contribution in [3.63, 3.8) is 0 Å². The fourth-order valence-electron chi connectivity index (χ4n) is 2.00. The molecule has 0 aliphatic rings. The van der Waals surface area contributed by atoms with Gasteiger partial charge in [0.1, 0.15) is 17.9 Å². The van der Waals surface area contributed by atoms with E-state index in [2.05, 4.69) is 20.9 Å². The minimum Gasteiger partial charge on any atom is -0.480 e. The number of aliphatic carboxylic acids is 1. The first-order chi connectivity index (χ1) is 9.82. The number of nitro groups is 1. The molecule has 0 fully saturated rings. The largest absolute Gasteiger partial charge is 0.480 e. The van der Waals surface area contributed by atoms with Crippen LogP contribution in [0.2, 0.25) is 0 Å². The van der Waals surface area contributed by atoms with Crippen LogP contribution in [0.15, 0.2) is 28.9 Å². The van der Waals surface area contributed by atoms with Gasteiger partial charge in [0.05, 0.1) is 10.4 Å². The number of rotatable bonds is 4. The van der Waals surface area contributed by atoms with Crippen molar-refractivity contribution in [2.24, 2.45) is 0 Å². The summed E-state index contributed by atoms with van der Waals surface area (Å²) >= 11 is 3.31. The second kappa shape index (κ2) is 5.65. The third-order valence-electron chi connectivity index (χ3n) is 3.27. The van der Waals surface area contributed by atoms with Crippen molar-refractivity contribution >= 4 is 44.2 Å². The summed E-state index contributed by atoms with van der Waals surface area (Å²) in [4.78, 5) is 27.3. The Hall–Kier alpha value is -2.22. The highest BCUT2D eigenvalue weighted by Crippen LogP contribution is 2.36. The summed E-state index contributed by atoms with van der Waals surface area (Å²) in [5, 5.41) is 20.9. The molecule has 7 nitrogen and oxygen atoms in total. The van der Waals surface area contributed by atoms with Gasteiger partial charge in [0.15, 0.2) is 0 Å². The van der Waals surface area contributed by atoms with Gasteiger partial charge in [-0.1, -0.05) is 15.9 Å². The molecule has 8 heteroatoms. The number of benzene rings is 1. The van der Waals surface area contributed by atoms with Crippen LogP contribution in [-0.4, -0.2) is 34.1 Å². The monoisotopic (exact) mass is 353 g/mol. The number of aromatic nitrogens is 1. The van der Waals surface area contributed by atoms with Gasteiger partial charge in [-0.2, -0.15) is 0 Å². The van der Waals surface area contributed by atoms with E-state index in [0.29, 0.717) is 10.9 Å². The molecule has 1 aromatic heterocycles. The number of pyridine rings is 1. The second-order valence-electron chi connectivity index (χ2n) is 4.54. The molecule has 1 atom stereocenters. The van der Waals surface area contributed by atoms with E-state index in [-0.39, 0.29) is 11.4 Å². The van der Waals surface area contributed by atoms with Crippen molar-refractivity contribution in [2.45, 2.75) is 13.0 Å². The molecule has 1 heterocycles. The summed E-state index contributed by atoms with van der Waals surface area (Å²) < 4.78 is 0.731. The zero-order valence-electron chi connectivity index (χ0n) is 11.3. The lowest BCUT2D eigenvalue weighted by Crippen LogP contribution is -2.36. The standard InChI is InChI=1S/C13H12BrN3O4/c1-7(13(18)19)16(2)12-9-5-8(14)3-4-10(9)15-6-11(12)17(20)21/h3-7H,1-2H3,(H,18,19). The molecule has 2 aromatic rings. The molecule has 0 aliphatic heterocycles. The molecule has 0 saturated carbocycles. The van der Waals surface area contributed by atoms with Crippen LogP contribution in [-0.2, 0) is 4.79 Å². The predicted molar refractivity (Wildman–Crippen MR) is 81.6 cm³/mol. The van der Waals surface area contributed by atoms with E-state index < -0.39 is 16.9 Å². The molecule has 21 heavy (non-hydrogen) atoms. The van der Waals surface area contributed by atoms with Crippen LogP contribution < -0.4 is 4.90 Å². The molecule has 0 amide bonds. The summed E-state index contributed by atoms with van der Waals surface area (Å²) in [5.41, 5.74) is 0.570. The number of anilines is 1. The van der Waals surface area contributed by atoms with Crippen molar-refractivity contribution in [3.8, 4) is 0 Å². The Balaban J connectivity index is 2.78. The second-order valence-corrected chi connectivity index (χ2v) is 5.45. The Kier molecular flexibility index (Phi) is 4.08. The van der Waals surface area contributed by atoms with Crippen molar-refractivity contribution in [1.29, 1.82) is 0 Å². The maximum atomic E-state index is 11.2. The van der Waals surface area contributed by atoms with E-state index in [1.165, 1.54) is 18.9 Å². The molecule has 1 N–H and O–H groups in total. The van der Waals surface area contributed by atoms with Crippen LogP contribution in [0.25, 0.3) is 10.9 Å². The van der Waals surface area contributed by atoms with Gasteiger partial charge in [-0.15, -0.1) is 0 Å². The highest BCUT2D eigenvalue weighted by atomic mass is 79.9. The SMILES string of the molecule is CC(C(=O)O)N(C)c1c([N+](=O)[O-])cnc2ccc(Br)cc12. The molecule has 0 radical (unpaired) electrons. The van der Waals surface area contributed by atoms with Crippen molar-refractivity contribution in [3.05, 3.63) is 39.0 Å². The minimum atomic E-state index is -1.06. The number of fused-ring (bicyclic) bond motifs is 1. The normalized spacial score (nSPS) is 12.1. The zero-order chi connectivity index (χ0) is 15.7. The van der Waals surface area contributed by atoms with Gasteiger partial charge in [0.2, 0.25) is 0 Å². The Morgan fingerprint density at radius 2 is 2.19 bits per heavy atom. The Morgan fingerprint density at radius 3 is 2.76 bits per heavy atom. The smallest absolute Gasteiger partial charge is 0.326 e. The number of halogens is 1. The van der Waals surface area contributed by atoms with Crippen LogP contribution in [0.3, 0.4) is 0 Å². The van der Waals surface area contributed by atoms with Gasteiger partial charge in [0, 0.05) is 16.9 Å². The van der Waals surface area contributed by atoms with Crippen molar-refractivity contribution in [1.82, 2.24) is 4.98 Å². The third-order valence-corrected chi connectivity index (χ3v) is 3.76.